The maximum Gasteiger partial charge on any atom is 0.243 e. The van der Waals surface area contributed by atoms with Crippen LogP contribution in [0.3, 0.4) is 0 Å². The highest BCUT2D eigenvalue weighted by atomic mass is 32.2. The third-order valence-electron chi connectivity index (χ3n) is 2.97. The molecule has 1 heterocycles. The van der Waals surface area contributed by atoms with Gasteiger partial charge < -0.3 is 0 Å². The van der Waals surface area contributed by atoms with Gasteiger partial charge in [0.2, 0.25) is 10.0 Å². The van der Waals surface area contributed by atoms with E-state index in [9.17, 15) is 12.8 Å². The van der Waals surface area contributed by atoms with Gasteiger partial charge in [-0.3, -0.25) is 4.98 Å². The first kappa shape index (κ1) is 14.6. The van der Waals surface area contributed by atoms with Crippen molar-refractivity contribution in [3.05, 3.63) is 59.7 Å². The summed E-state index contributed by atoms with van der Waals surface area (Å²) in [5.74, 6) is -0.418. The molecule has 0 unspecified atom stereocenters. The molecule has 6 heteroatoms. The molecule has 0 spiro atoms. The van der Waals surface area contributed by atoms with Gasteiger partial charge in [-0.25, -0.2) is 12.8 Å². The Morgan fingerprint density at radius 2 is 2.05 bits per heavy atom. The summed E-state index contributed by atoms with van der Waals surface area (Å²) in [6.07, 6.45) is 3.24. The van der Waals surface area contributed by atoms with E-state index in [1.165, 1.54) is 36.5 Å². The van der Waals surface area contributed by atoms with Crippen molar-refractivity contribution < 1.29 is 12.8 Å². The summed E-state index contributed by atoms with van der Waals surface area (Å²) >= 11 is 0. The first-order chi connectivity index (χ1) is 9.41. The molecule has 1 aromatic carbocycles. The number of aromatic nitrogens is 1. The van der Waals surface area contributed by atoms with Crippen molar-refractivity contribution in [2.75, 3.05) is 7.05 Å². The Hall–Kier alpha value is -1.79. The van der Waals surface area contributed by atoms with Gasteiger partial charge in [0.1, 0.15) is 5.82 Å². The van der Waals surface area contributed by atoms with Crippen LogP contribution >= 0.6 is 0 Å². The maximum atomic E-state index is 13.2. The molecule has 0 amide bonds. The van der Waals surface area contributed by atoms with E-state index in [0.29, 0.717) is 5.56 Å². The lowest BCUT2D eigenvalue weighted by molar-refractivity contribution is 0.466. The SMILES string of the molecule is Cc1cc(S(=O)(=O)N(C)Cc2cccnc2)ccc1F. The van der Waals surface area contributed by atoms with E-state index < -0.39 is 15.8 Å². The Balaban J connectivity index is 2.27. The average Bonchev–Trinajstić information content (AvgIpc) is 2.42. The fraction of sp³-hybridized carbons (Fsp3) is 0.214. The van der Waals surface area contributed by atoms with Gasteiger partial charge in [-0.2, -0.15) is 4.31 Å². The predicted molar refractivity (Wildman–Crippen MR) is 74.0 cm³/mol. The van der Waals surface area contributed by atoms with Crippen LogP contribution in [0.4, 0.5) is 4.39 Å². The minimum absolute atomic E-state index is 0.0859. The molecule has 0 bridgehead atoms. The molecular formula is C14H15FN2O2S. The van der Waals surface area contributed by atoms with E-state index in [1.54, 1.807) is 24.5 Å². The molecule has 0 saturated heterocycles. The molecule has 20 heavy (non-hydrogen) atoms. The van der Waals surface area contributed by atoms with Crippen LogP contribution in [-0.2, 0) is 16.6 Å². The minimum Gasteiger partial charge on any atom is -0.264 e. The lowest BCUT2D eigenvalue weighted by atomic mass is 10.2. The number of hydrogen-bond acceptors (Lipinski definition) is 3. The zero-order chi connectivity index (χ0) is 14.8. The molecule has 0 N–H and O–H groups in total. The van der Waals surface area contributed by atoms with Crippen LogP contribution < -0.4 is 0 Å². The summed E-state index contributed by atoms with van der Waals surface area (Å²) < 4.78 is 39.2. The Morgan fingerprint density at radius 3 is 2.65 bits per heavy atom. The van der Waals surface area contributed by atoms with Gasteiger partial charge in [-0.15, -0.1) is 0 Å². The van der Waals surface area contributed by atoms with Gasteiger partial charge in [0.05, 0.1) is 4.90 Å². The first-order valence-corrected chi connectivity index (χ1v) is 7.46. The maximum absolute atomic E-state index is 13.2. The predicted octanol–water partition coefficient (Wildman–Crippen LogP) is 2.35. The number of hydrogen-bond donors (Lipinski definition) is 0. The van der Waals surface area contributed by atoms with E-state index in [-0.39, 0.29) is 11.4 Å². The summed E-state index contributed by atoms with van der Waals surface area (Å²) in [4.78, 5) is 4.03. The highest BCUT2D eigenvalue weighted by Gasteiger charge is 2.21. The van der Waals surface area contributed by atoms with Crippen molar-refractivity contribution >= 4 is 10.0 Å². The molecule has 0 aliphatic heterocycles. The molecule has 1 aromatic heterocycles. The van der Waals surface area contributed by atoms with Crippen molar-refractivity contribution in [3.63, 3.8) is 0 Å². The summed E-state index contributed by atoms with van der Waals surface area (Å²) in [5, 5.41) is 0. The molecular weight excluding hydrogens is 279 g/mol. The summed E-state index contributed by atoms with van der Waals surface area (Å²) in [5.41, 5.74) is 1.10. The Kier molecular flexibility index (Phi) is 4.15. The second-order valence-electron chi connectivity index (χ2n) is 4.53. The third kappa shape index (κ3) is 3.02. The second kappa shape index (κ2) is 5.68. The Labute approximate surface area is 117 Å². The molecule has 0 aliphatic carbocycles. The molecule has 0 fully saturated rings. The van der Waals surface area contributed by atoms with Crippen molar-refractivity contribution in [1.82, 2.24) is 9.29 Å². The molecule has 0 atom stereocenters. The van der Waals surface area contributed by atoms with Crippen LogP contribution in [-0.4, -0.2) is 24.8 Å². The lowest BCUT2D eigenvalue weighted by Crippen LogP contribution is -2.26. The number of sulfonamides is 1. The smallest absolute Gasteiger partial charge is 0.243 e. The third-order valence-corrected chi connectivity index (χ3v) is 4.77. The van der Waals surface area contributed by atoms with E-state index in [4.69, 9.17) is 0 Å². The van der Waals surface area contributed by atoms with Crippen LogP contribution in [0.2, 0.25) is 0 Å². The van der Waals surface area contributed by atoms with E-state index in [0.717, 1.165) is 5.56 Å². The van der Waals surface area contributed by atoms with Crippen molar-refractivity contribution in [3.8, 4) is 0 Å². The van der Waals surface area contributed by atoms with Gasteiger partial charge in [-0.05, 0) is 42.3 Å². The highest BCUT2D eigenvalue weighted by Crippen LogP contribution is 2.19. The number of nitrogens with zero attached hydrogens (tertiary/aromatic N) is 2. The van der Waals surface area contributed by atoms with Crippen LogP contribution in [0.5, 0.6) is 0 Å². The minimum atomic E-state index is -3.64. The normalized spacial score (nSPS) is 11.8. The van der Waals surface area contributed by atoms with Crippen LogP contribution in [0.15, 0.2) is 47.6 Å². The molecule has 0 aliphatic rings. The van der Waals surface area contributed by atoms with Crippen molar-refractivity contribution in [1.29, 1.82) is 0 Å². The number of halogens is 1. The number of rotatable bonds is 4. The lowest BCUT2D eigenvalue weighted by Gasteiger charge is -2.17. The first-order valence-electron chi connectivity index (χ1n) is 6.02. The monoisotopic (exact) mass is 294 g/mol. The molecule has 0 saturated carbocycles. The molecule has 4 nitrogen and oxygen atoms in total. The fourth-order valence-electron chi connectivity index (χ4n) is 1.79. The fourth-order valence-corrected chi connectivity index (χ4v) is 3.04. The van der Waals surface area contributed by atoms with Crippen LogP contribution in [0, 0.1) is 12.7 Å². The second-order valence-corrected chi connectivity index (χ2v) is 6.58. The van der Waals surface area contributed by atoms with Gasteiger partial charge >= 0.3 is 0 Å². The van der Waals surface area contributed by atoms with E-state index >= 15 is 0 Å². The van der Waals surface area contributed by atoms with Gasteiger partial charge in [0, 0.05) is 26.0 Å². The quantitative estimate of drug-likeness (QED) is 0.869. The van der Waals surface area contributed by atoms with Crippen molar-refractivity contribution in [2.24, 2.45) is 0 Å². The average molecular weight is 294 g/mol. The van der Waals surface area contributed by atoms with Crippen molar-refractivity contribution in [2.45, 2.75) is 18.4 Å². The van der Waals surface area contributed by atoms with Crippen LogP contribution in [0.25, 0.3) is 0 Å². The standard InChI is InChI=1S/C14H15FN2O2S/c1-11-8-13(5-6-14(11)15)20(18,19)17(2)10-12-4-3-7-16-9-12/h3-9H,10H2,1-2H3. The highest BCUT2D eigenvalue weighted by molar-refractivity contribution is 7.89. The van der Waals surface area contributed by atoms with Gasteiger partial charge in [0.25, 0.3) is 0 Å². The summed E-state index contributed by atoms with van der Waals surface area (Å²) in [6, 6.07) is 7.33. The Morgan fingerprint density at radius 1 is 1.30 bits per heavy atom. The summed E-state index contributed by atoms with van der Waals surface area (Å²) in [7, 11) is -2.15. The topological polar surface area (TPSA) is 50.3 Å². The van der Waals surface area contributed by atoms with E-state index in [1.807, 2.05) is 0 Å². The summed E-state index contributed by atoms with van der Waals surface area (Å²) in [6.45, 7) is 1.75. The molecule has 2 rings (SSSR count). The number of aryl methyl sites for hydroxylation is 1. The molecule has 106 valence electrons. The van der Waals surface area contributed by atoms with Gasteiger partial charge in [0.15, 0.2) is 0 Å². The van der Waals surface area contributed by atoms with E-state index in [2.05, 4.69) is 4.98 Å². The zero-order valence-corrected chi connectivity index (χ0v) is 12.1. The van der Waals surface area contributed by atoms with Crippen LogP contribution in [0.1, 0.15) is 11.1 Å². The molecule has 0 radical (unpaired) electrons. The Bertz CT molecular complexity index is 702. The largest absolute Gasteiger partial charge is 0.264 e. The number of pyridine rings is 1. The van der Waals surface area contributed by atoms with Gasteiger partial charge in [-0.1, -0.05) is 6.07 Å². The molecule has 2 aromatic rings. The number of benzene rings is 1. The zero-order valence-electron chi connectivity index (χ0n) is 11.2.